The van der Waals surface area contributed by atoms with Gasteiger partial charge in [0.15, 0.2) is 5.69 Å². The number of rotatable bonds is 5. The zero-order valence-electron chi connectivity index (χ0n) is 14.0. The molecule has 0 radical (unpaired) electrons. The van der Waals surface area contributed by atoms with Gasteiger partial charge in [0.2, 0.25) is 11.9 Å². The van der Waals surface area contributed by atoms with Crippen LogP contribution in [0.15, 0.2) is 36.7 Å². The van der Waals surface area contributed by atoms with Gasteiger partial charge in [-0.05, 0) is 24.6 Å². The Morgan fingerprint density at radius 3 is 2.67 bits per heavy atom. The van der Waals surface area contributed by atoms with Crippen LogP contribution in [0.1, 0.15) is 17.0 Å². The predicted octanol–water partition coefficient (Wildman–Crippen LogP) is 3.14. The van der Waals surface area contributed by atoms with E-state index in [1.807, 2.05) is 12.1 Å². The van der Waals surface area contributed by atoms with Crippen molar-refractivity contribution < 1.29 is 18.0 Å². The van der Waals surface area contributed by atoms with Gasteiger partial charge in [0.05, 0.1) is 6.54 Å². The SMILES string of the molecule is Cc1cc(C(F)(F)F)nn1CC(=O)Nc1ncn(Cc2ccccc2Cl)n1. The van der Waals surface area contributed by atoms with Crippen molar-refractivity contribution in [2.45, 2.75) is 26.2 Å². The average Bonchev–Trinajstić information content (AvgIpc) is 3.16. The minimum Gasteiger partial charge on any atom is -0.292 e. The number of nitrogens with one attached hydrogen (secondary N) is 1. The van der Waals surface area contributed by atoms with E-state index in [2.05, 4.69) is 20.5 Å². The molecule has 2 heterocycles. The summed E-state index contributed by atoms with van der Waals surface area (Å²) in [5, 5.41) is 10.5. The van der Waals surface area contributed by atoms with E-state index in [0.717, 1.165) is 16.3 Å². The lowest BCUT2D eigenvalue weighted by atomic mass is 10.2. The van der Waals surface area contributed by atoms with Gasteiger partial charge in [0.1, 0.15) is 12.9 Å². The van der Waals surface area contributed by atoms with Crippen LogP contribution in [-0.4, -0.2) is 30.5 Å². The van der Waals surface area contributed by atoms with Gasteiger partial charge in [-0.25, -0.2) is 9.67 Å². The summed E-state index contributed by atoms with van der Waals surface area (Å²) in [6, 6.07) is 8.10. The van der Waals surface area contributed by atoms with Crippen molar-refractivity contribution in [3.05, 3.63) is 58.6 Å². The largest absolute Gasteiger partial charge is 0.435 e. The molecule has 0 fully saturated rings. The van der Waals surface area contributed by atoms with Gasteiger partial charge in [0.25, 0.3) is 0 Å². The number of carbonyl (C=O) groups excluding carboxylic acids is 1. The maximum atomic E-state index is 12.7. The van der Waals surface area contributed by atoms with Crippen molar-refractivity contribution in [1.29, 1.82) is 0 Å². The van der Waals surface area contributed by atoms with Crippen LogP contribution in [0.3, 0.4) is 0 Å². The van der Waals surface area contributed by atoms with Crippen molar-refractivity contribution >= 4 is 23.5 Å². The molecule has 3 rings (SSSR count). The lowest BCUT2D eigenvalue weighted by molar-refractivity contribution is -0.141. The standard InChI is InChI=1S/C16H14ClF3N6O/c1-10-6-13(16(18,19)20)23-26(10)8-14(27)22-15-21-9-25(24-15)7-11-4-2-3-5-12(11)17/h2-6,9H,7-8H2,1H3,(H,22,24,27). The van der Waals surface area contributed by atoms with Crippen molar-refractivity contribution in [2.75, 3.05) is 5.32 Å². The van der Waals surface area contributed by atoms with E-state index >= 15 is 0 Å². The van der Waals surface area contributed by atoms with Crippen LogP contribution in [0.5, 0.6) is 0 Å². The Hall–Kier alpha value is -2.88. The van der Waals surface area contributed by atoms with Crippen LogP contribution < -0.4 is 5.32 Å². The first-order valence-electron chi connectivity index (χ1n) is 7.77. The molecule has 0 saturated heterocycles. The van der Waals surface area contributed by atoms with E-state index in [1.165, 1.54) is 17.9 Å². The van der Waals surface area contributed by atoms with E-state index in [0.29, 0.717) is 11.6 Å². The first-order chi connectivity index (χ1) is 12.7. The number of hydrogen-bond acceptors (Lipinski definition) is 4. The third-order valence-corrected chi connectivity index (χ3v) is 4.01. The monoisotopic (exact) mass is 398 g/mol. The molecule has 0 unspecified atom stereocenters. The minimum atomic E-state index is -4.56. The van der Waals surface area contributed by atoms with Crippen LogP contribution in [0.25, 0.3) is 0 Å². The van der Waals surface area contributed by atoms with Crippen molar-refractivity contribution in [2.24, 2.45) is 0 Å². The normalized spacial score (nSPS) is 11.6. The number of benzene rings is 1. The van der Waals surface area contributed by atoms with Crippen LogP contribution in [-0.2, 0) is 24.1 Å². The second-order valence-corrected chi connectivity index (χ2v) is 6.14. The molecule has 0 spiro atoms. The van der Waals surface area contributed by atoms with Gasteiger partial charge < -0.3 is 0 Å². The molecule has 0 bridgehead atoms. The topological polar surface area (TPSA) is 77.6 Å². The van der Waals surface area contributed by atoms with Crippen molar-refractivity contribution in [3.63, 3.8) is 0 Å². The Balaban J connectivity index is 1.63. The summed E-state index contributed by atoms with van der Waals surface area (Å²) in [6.45, 7) is 1.41. The van der Waals surface area contributed by atoms with Gasteiger partial charge in [-0.15, -0.1) is 5.10 Å². The highest BCUT2D eigenvalue weighted by molar-refractivity contribution is 6.31. The van der Waals surface area contributed by atoms with E-state index in [-0.39, 0.29) is 18.2 Å². The molecule has 0 aliphatic carbocycles. The molecule has 0 aliphatic rings. The van der Waals surface area contributed by atoms with Gasteiger partial charge in [-0.1, -0.05) is 29.8 Å². The van der Waals surface area contributed by atoms with E-state index in [9.17, 15) is 18.0 Å². The summed E-state index contributed by atoms with van der Waals surface area (Å²) < 4.78 is 40.5. The first-order valence-corrected chi connectivity index (χ1v) is 8.14. The highest BCUT2D eigenvalue weighted by Gasteiger charge is 2.34. The molecule has 142 valence electrons. The average molecular weight is 399 g/mol. The maximum Gasteiger partial charge on any atom is 0.435 e. The second kappa shape index (κ2) is 7.39. The fourth-order valence-corrected chi connectivity index (χ4v) is 2.53. The Morgan fingerprint density at radius 2 is 2.00 bits per heavy atom. The van der Waals surface area contributed by atoms with Crippen LogP contribution in [0.4, 0.5) is 19.1 Å². The van der Waals surface area contributed by atoms with E-state index < -0.39 is 17.8 Å². The van der Waals surface area contributed by atoms with Gasteiger partial charge in [0, 0.05) is 10.7 Å². The molecule has 0 saturated carbocycles. The summed E-state index contributed by atoms with van der Waals surface area (Å²) in [6.07, 6.45) is -3.15. The summed E-state index contributed by atoms with van der Waals surface area (Å²) in [5.41, 5.74) is -0.00147. The Bertz CT molecular complexity index is 965. The zero-order chi connectivity index (χ0) is 19.6. The molecule has 3 aromatic rings. The van der Waals surface area contributed by atoms with Gasteiger partial charge >= 0.3 is 6.18 Å². The zero-order valence-corrected chi connectivity index (χ0v) is 14.8. The number of alkyl halides is 3. The fourth-order valence-electron chi connectivity index (χ4n) is 2.34. The summed E-state index contributed by atoms with van der Waals surface area (Å²) >= 11 is 6.08. The number of halogens is 4. The highest BCUT2D eigenvalue weighted by Crippen LogP contribution is 2.28. The summed E-state index contributed by atoms with van der Waals surface area (Å²) in [5.74, 6) is -0.557. The molecule has 0 aliphatic heterocycles. The molecule has 0 atom stereocenters. The molecule has 1 amide bonds. The van der Waals surface area contributed by atoms with Crippen LogP contribution in [0.2, 0.25) is 5.02 Å². The molecule has 27 heavy (non-hydrogen) atoms. The second-order valence-electron chi connectivity index (χ2n) is 5.73. The molecule has 7 nitrogen and oxygen atoms in total. The number of aryl methyl sites for hydroxylation is 1. The minimum absolute atomic E-state index is 0.0351. The lowest BCUT2D eigenvalue weighted by Gasteiger charge is -2.05. The number of nitrogens with zero attached hydrogens (tertiary/aromatic N) is 5. The summed E-state index contributed by atoms with van der Waals surface area (Å²) in [4.78, 5) is 16.0. The Labute approximate surface area is 156 Å². The van der Waals surface area contributed by atoms with Gasteiger partial charge in [-0.2, -0.15) is 18.3 Å². The number of anilines is 1. The van der Waals surface area contributed by atoms with Crippen molar-refractivity contribution in [1.82, 2.24) is 24.5 Å². The third kappa shape index (κ3) is 4.64. The molecule has 1 aromatic carbocycles. The summed E-state index contributed by atoms with van der Waals surface area (Å²) in [7, 11) is 0. The number of hydrogen-bond donors (Lipinski definition) is 1. The molecule has 11 heteroatoms. The maximum absolute atomic E-state index is 12.7. The molecular weight excluding hydrogens is 385 g/mol. The number of carbonyl (C=O) groups is 1. The quantitative estimate of drug-likeness (QED) is 0.716. The molecule has 1 N–H and O–H groups in total. The highest BCUT2D eigenvalue weighted by atomic mass is 35.5. The number of amides is 1. The van der Waals surface area contributed by atoms with E-state index in [4.69, 9.17) is 11.6 Å². The molecule has 2 aromatic heterocycles. The lowest BCUT2D eigenvalue weighted by Crippen LogP contribution is -2.21. The first kappa shape index (κ1) is 18.9. The third-order valence-electron chi connectivity index (χ3n) is 3.64. The number of aromatic nitrogens is 5. The Morgan fingerprint density at radius 1 is 1.26 bits per heavy atom. The van der Waals surface area contributed by atoms with Crippen LogP contribution in [0, 0.1) is 6.92 Å². The van der Waals surface area contributed by atoms with E-state index in [1.54, 1.807) is 12.1 Å². The fraction of sp³-hybridized carbons (Fsp3) is 0.250. The van der Waals surface area contributed by atoms with Gasteiger partial charge in [-0.3, -0.25) is 14.8 Å². The Kier molecular flexibility index (Phi) is 5.17. The van der Waals surface area contributed by atoms with Crippen LogP contribution >= 0.6 is 11.6 Å². The molecular formula is C16H14ClF3N6O. The smallest absolute Gasteiger partial charge is 0.292 e. The van der Waals surface area contributed by atoms with Crippen molar-refractivity contribution in [3.8, 4) is 0 Å². The predicted molar refractivity (Wildman–Crippen MR) is 91.2 cm³/mol.